The Hall–Kier alpha value is -0.0800. The Morgan fingerprint density at radius 3 is 2.35 bits per heavy atom. The van der Waals surface area contributed by atoms with Crippen molar-refractivity contribution in [2.45, 2.75) is 59.5 Å². The highest BCUT2D eigenvalue weighted by Gasteiger charge is 2.41. The van der Waals surface area contributed by atoms with Crippen molar-refractivity contribution in [3.63, 3.8) is 0 Å². The molecule has 0 spiro atoms. The summed E-state index contributed by atoms with van der Waals surface area (Å²) in [6.45, 7) is 15.5. The summed E-state index contributed by atoms with van der Waals surface area (Å²) in [6.07, 6.45) is 2.92. The molecule has 1 heterocycles. The van der Waals surface area contributed by atoms with Crippen molar-refractivity contribution in [3.05, 3.63) is 0 Å². The zero-order valence-electron chi connectivity index (χ0n) is 12.3. The maximum absolute atomic E-state index is 3.79. The van der Waals surface area contributed by atoms with Gasteiger partial charge in [0.25, 0.3) is 0 Å². The van der Waals surface area contributed by atoms with Gasteiger partial charge in [0.15, 0.2) is 0 Å². The van der Waals surface area contributed by atoms with Gasteiger partial charge in [-0.3, -0.25) is 4.90 Å². The highest BCUT2D eigenvalue weighted by atomic mass is 15.2. The summed E-state index contributed by atoms with van der Waals surface area (Å²) >= 11 is 0. The molecule has 1 saturated heterocycles. The maximum Gasteiger partial charge on any atom is 0.0249 e. The lowest BCUT2D eigenvalue weighted by Gasteiger charge is -2.46. The predicted molar refractivity (Wildman–Crippen MR) is 74.2 cm³/mol. The normalized spacial score (nSPS) is 32.1. The van der Waals surface area contributed by atoms with Gasteiger partial charge >= 0.3 is 0 Å². The summed E-state index contributed by atoms with van der Waals surface area (Å²) in [5.41, 5.74) is 0.379. The SMILES string of the molecule is CC(C)CN1CC(C(C)(C)C)NCC1C1CC1. The average Bonchev–Trinajstić information content (AvgIpc) is 2.98. The molecule has 1 saturated carbocycles. The zero-order valence-corrected chi connectivity index (χ0v) is 12.3. The minimum Gasteiger partial charge on any atom is -0.311 e. The number of hydrogen-bond acceptors (Lipinski definition) is 2. The molecular weight excluding hydrogens is 208 g/mol. The number of hydrogen-bond donors (Lipinski definition) is 1. The van der Waals surface area contributed by atoms with E-state index in [0.717, 1.165) is 17.9 Å². The largest absolute Gasteiger partial charge is 0.311 e. The van der Waals surface area contributed by atoms with Crippen LogP contribution >= 0.6 is 0 Å². The third-order valence-corrected chi connectivity index (χ3v) is 4.27. The van der Waals surface area contributed by atoms with E-state index in [1.54, 1.807) is 0 Å². The number of nitrogens with zero attached hydrogens (tertiary/aromatic N) is 1. The smallest absolute Gasteiger partial charge is 0.0249 e. The lowest BCUT2D eigenvalue weighted by Crippen LogP contribution is -2.61. The van der Waals surface area contributed by atoms with Crippen molar-refractivity contribution in [1.29, 1.82) is 0 Å². The van der Waals surface area contributed by atoms with Crippen LogP contribution in [0.4, 0.5) is 0 Å². The molecule has 2 fully saturated rings. The fourth-order valence-electron chi connectivity index (χ4n) is 3.03. The number of nitrogens with one attached hydrogen (secondary N) is 1. The lowest BCUT2D eigenvalue weighted by atomic mass is 9.84. The van der Waals surface area contributed by atoms with E-state index >= 15 is 0 Å². The molecule has 2 nitrogen and oxygen atoms in total. The van der Waals surface area contributed by atoms with Crippen LogP contribution in [0.25, 0.3) is 0 Å². The Labute approximate surface area is 107 Å². The maximum atomic E-state index is 3.79. The van der Waals surface area contributed by atoms with Gasteiger partial charge in [0.2, 0.25) is 0 Å². The van der Waals surface area contributed by atoms with Crippen LogP contribution in [0, 0.1) is 17.3 Å². The van der Waals surface area contributed by atoms with Crippen molar-refractivity contribution < 1.29 is 0 Å². The molecule has 0 bridgehead atoms. The van der Waals surface area contributed by atoms with Crippen molar-refractivity contribution >= 4 is 0 Å². The molecule has 0 amide bonds. The quantitative estimate of drug-likeness (QED) is 0.813. The summed E-state index contributed by atoms with van der Waals surface area (Å²) in [4.78, 5) is 2.77. The molecule has 0 aromatic heterocycles. The first-order valence-corrected chi connectivity index (χ1v) is 7.35. The van der Waals surface area contributed by atoms with E-state index in [-0.39, 0.29) is 0 Å². The summed E-state index contributed by atoms with van der Waals surface area (Å²) in [5, 5.41) is 3.79. The molecule has 2 aliphatic rings. The van der Waals surface area contributed by atoms with Gasteiger partial charge in [-0.2, -0.15) is 0 Å². The van der Waals surface area contributed by atoms with Crippen molar-refractivity contribution in [1.82, 2.24) is 10.2 Å². The Morgan fingerprint density at radius 2 is 1.88 bits per heavy atom. The van der Waals surface area contributed by atoms with Gasteiger partial charge < -0.3 is 5.32 Å². The molecule has 0 aromatic rings. The van der Waals surface area contributed by atoms with Crippen LogP contribution in [-0.2, 0) is 0 Å². The molecule has 0 radical (unpaired) electrons. The molecule has 100 valence electrons. The topological polar surface area (TPSA) is 15.3 Å². The minimum atomic E-state index is 0.379. The summed E-state index contributed by atoms with van der Waals surface area (Å²) in [6, 6.07) is 1.47. The Morgan fingerprint density at radius 1 is 1.24 bits per heavy atom. The van der Waals surface area contributed by atoms with Crippen LogP contribution in [0.3, 0.4) is 0 Å². The summed E-state index contributed by atoms with van der Waals surface area (Å²) in [7, 11) is 0. The molecule has 2 heteroatoms. The lowest BCUT2D eigenvalue weighted by molar-refractivity contribution is 0.0657. The Bertz CT molecular complexity index is 250. The van der Waals surface area contributed by atoms with E-state index < -0.39 is 0 Å². The monoisotopic (exact) mass is 238 g/mol. The van der Waals surface area contributed by atoms with Crippen molar-refractivity contribution in [2.75, 3.05) is 19.6 Å². The fraction of sp³-hybridized carbons (Fsp3) is 1.00. The van der Waals surface area contributed by atoms with E-state index in [9.17, 15) is 0 Å². The number of rotatable bonds is 3. The van der Waals surface area contributed by atoms with Crippen LogP contribution in [0.15, 0.2) is 0 Å². The summed E-state index contributed by atoms with van der Waals surface area (Å²) in [5.74, 6) is 1.78. The molecule has 1 N–H and O–H groups in total. The molecule has 2 rings (SSSR count). The van der Waals surface area contributed by atoms with Crippen LogP contribution in [-0.4, -0.2) is 36.6 Å². The number of piperazine rings is 1. The van der Waals surface area contributed by atoms with E-state index in [1.807, 2.05) is 0 Å². The van der Waals surface area contributed by atoms with Gasteiger partial charge in [-0.15, -0.1) is 0 Å². The second-order valence-corrected chi connectivity index (χ2v) is 7.58. The van der Waals surface area contributed by atoms with Gasteiger partial charge in [-0.05, 0) is 30.1 Å². The van der Waals surface area contributed by atoms with Gasteiger partial charge in [0, 0.05) is 31.7 Å². The molecule has 0 aromatic carbocycles. The van der Waals surface area contributed by atoms with Gasteiger partial charge in [-0.25, -0.2) is 0 Å². The second kappa shape index (κ2) is 4.89. The second-order valence-electron chi connectivity index (χ2n) is 7.58. The minimum absolute atomic E-state index is 0.379. The van der Waals surface area contributed by atoms with E-state index in [0.29, 0.717) is 11.5 Å². The van der Waals surface area contributed by atoms with Gasteiger partial charge in [0.1, 0.15) is 0 Å². The molecule has 17 heavy (non-hydrogen) atoms. The highest BCUT2D eigenvalue weighted by Crippen LogP contribution is 2.37. The molecule has 2 atom stereocenters. The van der Waals surface area contributed by atoms with Crippen LogP contribution < -0.4 is 5.32 Å². The molecule has 2 unspecified atom stereocenters. The highest BCUT2D eigenvalue weighted by molar-refractivity contribution is 4.97. The molecule has 1 aliphatic carbocycles. The first-order chi connectivity index (χ1) is 7.88. The molecule has 1 aliphatic heterocycles. The van der Waals surface area contributed by atoms with Gasteiger partial charge in [-0.1, -0.05) is 34.6 Å². The van der Waals surface area contributed by atoms with Crippen LogP contribution in [0.1, 0.15) is 47.5 Å². The van der Waals surface area contributed by atoms with E-state index in [4.69, 9.17) is 0 Å². The van der Waals surface area contributed by atoms with Crippen LogP contribution in [0.5, 0.6) is 0 Å². The first-order valence-electron chi connectivity index (χ1n) is 7.35. The fourth-order valence-corrected chi connectivity index (χ4v) is 3.03. The third-order valence-electron chi connectivity index (χ3n) is 4.27. The first kappa shape index (κ1) is 13.4. The van der Waals surface area contributed by atoms with Crippen LogP contribution in [0.2, 0.25) is 0 Å². The third kappa shape index (κ3) is 3.45. The van der Waals surface area contributed by atoms with E-state index in [1.165, 1.54) is 32.5 Å². The molecular formula is C15H30N2. The Kier molecular flexibility index (Phi) is 3.84. The standard InChI is InChI=1S/C15H30N2/c1-11(2)9-17-10-14(15(3,4)5)16-8-13(17)12-6-7-12/h11-14,16H,6-10H2,1-5H3. The Balaban J connectivity index is 1.99. The van der Waals surface area contributed by atoms with Crippen molar-refractivity contribution in [2.24, 2.45) is 17.3 Å². The van der Waals surface area contributed by atoms with Gasteiger partial charge in [0.05, 0.1) is 0 Å². The van der Waals surface area contributed by atoms with Crippen molar-refractivity contribution in [3.8, 4) is 0 Å². The summed E-state index contributed by atoms with van der Waals surface area (Å²) < 4.78 is 0. The predicted octanol–water partition coefficient (Wildman–Crippen LogP) is 2.74. The zero-order chi connectivity index (χ0) is 12.6. The van der Waals surface area contributed by atoms with E-state index in [2.05, 4.69) is 44.8 Å². The average molecular weight is 238 g/mol.